The van der Waals surface area contributed by atoms with E-state index in [4.69, 9.17) is 11.6 Å². The lowest BCUT2D eigenvalue weighted by Crippen LogP contribution is -2.51. The topological polar surface area (TPSA) is 69.2 Å². The van der Waals surface area contributed by atoms with Crippen molar-refractivity contribution in [2.24, 2.45) is 11.3 Å². The fourth-order valence-corrected chi connectivity index (χ4v) is 2.97. The molecule has 1 amide bonds. The normalized spacial score (nSPS) is 24.0. The first kappa shape index (κ1) is 16.3. The molecule has 116 valence electrons. The Balaban J connectivity index is 2.30. The highest BCUT2D eigenvalue weighted by Gasteiger charge is 2.41. The van der Waals surface area contributed by atoms with Crippen LogP contribution in [0.25, 0.3) is 0 Å². The number of hydrogen-bond donors (Lipinski definition) is 1. The van der Waals surface area contributed by atoms with Crippen LogP contribution in [0.3, 0.4) is 0 Å². The Labute approximate surface area is 134 Å². The van der Waals surface area contributed by atoms with Crippen molar-refractivity contribution in [3.63, 3.8) is 0 Å². The van der Waals surface area contributed by atoms with Crippen LogP contribution in [0.5, 0.6) is 0 Å². The van der Waals surface area contributed by atoms with Crippen molar-refractivity contribution in [2.45, 2.75) is 19.2 Å². The van der Waals surface area contributed by atoms with E-state index in [9.17, 15) is 14.7 Å². The molecule has 22 heavy (non-hydrogen) atoms. The van der Waals surface area contributed by atoms with E-state index in [2.05, 4.69) is 5.32 Å². The number of benzene rings is 1. The average molecular weight is 319 g/mol. The van der Waals surface area contributed by atoms with E-state index in [1.807, 2.05) is 6.07 Å². The third-order valence-corrected chi connectivity index (χ3v) is 4.40. The summed E-state index contributed by atoms with van der Waals surface area (Å²) in [6, 6.07) is 8.69. The van der Waals surface area contributed by atoms with Crippen molar-refractivity contribution in [3.05, 3.63) is 59.8 Å². The summed E-state index contributed by atoms with van der Waals surface area (Å²) in [7, 11) is 0. The van der Waals surface area contributed by atoms with Crippen molar-refractivity contribution in [1.82, 2.24) is 5.32 Å². The molecule has 1 aliphatic carbocycles. The summed E-state index contributed by atoms with van der Waals surface area (Å²) >= 11 is 6.18. The number of alkyl halides is 1. The fraction of sp³-hybridized carbons (Fsp3) is 0.294. The molecule has 2 unspecified atom stereocenters. The second kappa shape index (κ2) is 6.36. The minimum Gasteiger partial charge on any atom is -0.549 e. The molecule has 1 aromatic carbocycles. The summed E-state index contributed by atoms with van der Waals surface area (Å²) in [6.07, 6.45) is 4.66. The van der Waals surface area contributed by atoms with Crippen LogP contribution < -0.4 is 10.4 Å². The number of rotatable bonds is 4. The number of allylic oxidation sites excluding steroid dienone is 2. The molecule has 0 spiro atoms. The molecular formula is C17H17ClNO3-. The van der Waals surface area contributed by atoms with Gasteiger partial charge in [0.05, 0.1) is 16.8 Å². The van der Waals surface area contributed by atoms with E-state index in [0.717, 1.165) is 0 Å². The quantitative estimate of drug-likeness (QED) is 0.862. The number of aliphatic carboxylic acids is 1. The Morgan fingerprint density at radius 3 is 2.45 bits per heavy atom. The van der Waals surface area contributed by atoms with Gasteiger partial charge < -0.3 is 15.2 Å². The zero-order valence-electron chi connectivity index (χ0n) is 12.4. The molecule has 2 atom stereocenters. The van der Waals surface area contributed by atoms with Crippen LogP contribution in [-0.2, 0) is 4.79 Å². The minimum atomic E-state index is -1.35. The molecule has 1 aromatic rings. The van der Waals surface area contributed by atoms with Crippen LogP contribution in [0.15, 0.2) is 54.3 Å². The standard InChI is InChI=1S/C17H18ClNO3/c1-11(2)17(16(21)22)10-13(8-9-14(17)18)19-15(20)12-6-4-3-5-7-12/h3-11,14H,1-2H3,(H,19,20)(H,21,22)/p-1. The van der Waals surface area contributed by atoms with Gasteiger partial charge in [-0.2, -0.15) is 0 Å². The summed E-state index contributed by atoms with van der Waals surface area (Å²) in [4.78, 5) is 23.8. The number of hydrogen-bond acceptors (Lipinski definition) is 3. The average Bonchev–Trinajstić information content (AvgIpc) is 2.49. The lowest BCUT2D eigenvalue weighted by atomic mass is 9.71. The summed E-state index contributed by atoms with van der Waals surface area (Å²) < 4.78 is 0. The maximum atomic E-state index is 12.2. The Hall–Kier alpha value is -2.07. The number of carboxylic acid groups (broad SMARTS) is 1. The first-order valence-corrected chi connectivity index (χ1v) is 7.44. The van der Waals surface area contributed by atoms with E-state index in [1.165, 1.54) is 6.08 Å². The molecule has 0 heterocycles. The highest BCUT2D eigenvalue weighted by molar-refractivity contribution is 6.24. The fourth-order valence-electron chi connectivity index (χ4n) is 2.50. The maximum absolute atomic E-state index is 12.2. The van der Waals surface area contributed by atoms with E-state index < -0.39 is 16.8 Å². The number of halogens is 1. The summed E-state index contributed by atoms with van der Waals surface area (Å²) in [6.45, 7) is 3.52. The predicted octanol–water partition coefficient (Wildman–Crippen LogP) is 1.87. The summed E-state index contributed by atoms with van der Waals surface area (Å²) in [5, 5.41) is 13.6. The third-order valence-electron chi connectivity index (χ3n) is 3.90. The molecule has 0 saturated heterocycles. The maximum Gasteiger partial charge on any atom is 0.255 e. The molecule has 1 aliphatic rings. The Morgan fingerprint density at radius 2 is 1.91 bits per heavy atom. The van der Waals surface area contributed by atoms with E-state index in [-0.39, 0.29) is 11.8 Å². The molecule has 0 radical (unpaired) electrons. The Bertz CT molecular complexity index is 637. The monoisotopic (exact) mass is 318 g/mol. The van der Waals surface area contributed by atoms with Gasteiger partial charge in [-0.15, -0.1) is 11.6 Å². The minimum absolute atomic E-state index is 0.284. The molecule has 4 nitrogen and oxygen atoms in total. The van der Waals surface area contributed by atoms with Gasteiger partial charge in [0.25, 0.3) is 5.91 Å². The molecular weight excluding hydrogens is 302 g/mol. The van der Waals surface area contributed by atoms with E-state index in [0.29, 0.717) is 11.3 Å². The number of nitrogens with one attached hydrogen (secondary N) is 1. The van der Waals surface area contributed by atoms with Gasteiger partial charge in [0.1, 0.15) is 0 Å². The first-order chi connectivity index (χ1) is 10.4. The van der Waals surface area contributed by atoms with Gasteiger partial charge >= 0.3 is 0 Å². The Kier molecular flexibility index (Phi) is 4.71. The van der Waals surface area contributed by atoms with Crippen molar-refractivity contribution < 1.29 is 14.7 Å². The summed E-state index contributed by atoms with van der Waals surface area (Å²) in [5.74, 6) is -1.84. The number of carbonyl (C=O) groups excluding carboxylic acids is 2. The van der Waals surface area contributed by atoms with Gasteiger partial charge in [-0.25, -0.2) is 0 Å². The molecule has 1 N–H and O–H groups in total. The predicted molar refractivity (Wildman–Crippen MR) is 83.1 cm³/mol. The Morgan fingerprint density at radius 1 is 1.27 bits per heavy atom. The molecule has 0 bridgehead atoms. The first-order valence-electron chi connectivity index (χ1n) is 7.01. The van der Waals surface area contributed by atoms with Crippen molar-refractivity contribution in [1.29, 1.82) is 0 Å². The lowest BCUT2D eigenvalue weighted by molar-refractivity contribution is -0.318. The highest BCUT2D eigenvalue weighted by atomic mass is 35.5. The lowest BCUT2D eigenvalue weighted by Gasteiger charge is -2.41. The van der Waals surface area contributed by atoms with Crippen LogP contribution >= 0.6 is 11.6 Å². The second-order valence-corrected chi connectivity index (χ2v) is 6.03. The van der Waals surface area contributed by atoms with Crippen molar-refractivity contribution in [3.8, 4) is 0 Å². The van der Waals surface area contributed by atoms with Gasteiger partial charge in [0.15, 0.2) is 0 Å². The number of carboxylic acids is 1. The highest BCUT2D eigenvalue weighted by Crippen LogP contribution is 2.40. The second-order valence-electron chi connectivity index (χ2n) is 5.56. The van der Waals surface area contributed by atoms with E-state index >= 15 is 0 Å². The van der Waals surface area contributed by atoms with E-state index in [1.54, 1.807) is 50.3 Å². The van der Waals surface area contributed by atoms with Gasteiger partial charge in [-0.3, -0.25) is 4.79 Å². The third kappa shape index (κ3) is 2.92. The number of carbonyl (C=O) groups is 2. The number of amides is 1. The van der Waals surface area contributed by atoms with Crippen molar-refractivity contribution >= 4 is 23.5 Å². The zero-order valence-corrected chi connectivity index (χ0v) is 13.1. The van der Waals surface area contributed by atoms with Crippen LogP contribution in [0.1, 0.15) is 24.2 Å². The zero-order chi connectivity index (χ0) is 16.3. The van der Waals surface area contributed by atoms with Gasteiger partial charge in [-0.05, 0) is 30.2 Å². The SMILES string of the molecule is CC(C)C1(C(=O)[O-])C=C(NC(=O)c2ccccc2)C=CC1Cl. The van der Waals surface area contributed by atoms with Crippen LogP contribution in [0.4, 0.5) is 0 Å². The van der Waals surface area contributed by atoms with Gasteiger partial charge in [0, 0.05) is 11.3 Å². The van der Waals surface area contributed by atoms with Crippen molar-refractivity contribution in [2.75, 3.05) is 0 Å². The molecule has 0 aromatic heterocycles. The van der Waals surface area contributed by atoms with Crippen LogP contribution in [0.2, 0.25) is 0 Å². The van der Waals surface area contributed by atoms with Gasteiger partial charge in [-0.1, -0.05) is 38.1 Å². The molecule has 5 heteroatoms. The smallest absolute Gasteiger partial charge is 0.255 e. The van der Waals surface area contributed by atoms with Crippen LogP contribution in [-0.4, -0.2) is 17.3 Å². The summed E-state index contributed by atoms with van der Waals surface area (Å²) in [5.41, 5.74) is -0.452. The van der Waals surface area contributed by atoms with Crippen LogP contribution in [0, 0.1) is 11.3 Å². The van der Waals surface area contributed by atoms with Gasteiger partial charge in [0.2, 0.25) is 0 Å². The molecule has 2 rings (SSSR count). The largest absolute Gasteiger partial charge is 0.549 e. The molecule has 0 aliphatic heterocycles. The molecule has 0 saturated carbocycles. The molecule has 0 fully saturated rings.